The Bertz CT molecular complexity index is 199. The molecule has 0 saturated heterocycles. The lowest BCUT2D eigenvalue weighted by Crippen LogP contribution is -2.15. The largest absolute Gasteiger partial charge is 0.303 e. The molecule has 1 unspecified atom stereocenters. The van der Waals surface area contributed by atoms with Crippen molar-refractivity contribution in [1.82, 2.24) is 5.01 Å². The molecule has 0 aromatic rings. The van der Waals surface area contributed by atoms with Crippen molar-refractivity contribution in [1.29, 1.82) is 0 Å². The van der Waals surface area contributed by atoms with E-state index in [2.05, 4.69) is 5.10 Å². The van der Waals surface area contributed by atoms with E-state index >= 15 is 0 Å². The van der Waals surface area contributed by atoms with Crippen LogP contribution in [0.4, 0.5) is 0 Å². The Kier molecular flexibility index (Phi) is 3.93. The fourth-order valence-corrected chi connectivity index (χ4v) is 1.67. The van der Waals surface area contributed by atoms with E-state index in [1.807, 2.05) is 20.3 Å². The van der Waals surface area contributed by atoms with E-state index in [1.54, 1.807) is 5.01 Å². The third kappa shape index (κ3) is 4.06. The van der Waals surface area contributed by atoms with Crippen LogP contribution < -0.4 is 0 Å². The summed E-state index contributed by atoms with van der Waals surface area (Å²) < 4.78 is 0. The molecule has 0 spiro atoms. The summed E-state index contributed by atoms with van der Waals surface area (Å²) in [6.45, 7) is 0. The maximum Gasteiger partial charge on any atom is 0.133 e. The molecule has 1 atom stereocenters. The van der Waals surface area contributed by atoms with Crippen molar-refractivity contribution in [2.75, 3.05) is 14.1 Å². The first-order valence-electron chi connectivity index (χ1n) is 4.90. The second-order valence-electron chi connectivity index (χ2n) is 3.88. The predicted molar refractivity (Wildman–Crippen MR) is 53.8 cm³/mol. The zero-order chi connectivity index (χ0) is 9.68. The molecule has 0 N–H and O–H groups in total. The van der Waals surface area contributed by atoms with Gasteiger partial charge in [0.1, 0.15) is 5.78 Å². The van der Waals surface area contributed by atoms with Gasteiger partial charge in [0, 0.05) is 33.2 Å². The van der Waals surface area contributed by atoms with Crippen LogP contribution in [-0.2, 0) is 4.79 Å². The van der Waals surface area contributed by atoms with Gasteiger partial charge < -0.3 is 5.01 Å². The van der Waals surface area contributed by atoms with Crippen LogP contribution >= 0.6 is 0 Å². The van der Waals surface area contributed by atoms with Gasteiger partial charge in [-0.15, -0.1) is 0 Å². The third-order valence-corrected chi connectivity index (χ3v) is 2.34. The van der Waals surface area contributed by atoms with Gasteiger partial charge in [-0.05, 0) is 25.2 Å². The van der Waals surface area contributed by atoms with Crippen molar-refractivity contribution in [2.45, 2.75) is 32.1 Å². The first-order chi connectivity index (χ1) is 6.18. The van der Waals surface area contributed by atoms with E-state index in [1.165, 1.54) is 6.42 Å². The third-order valence-electron chi connectivity index (χ3n) is 2.34. The van der Waals surface area contributed by atoms with Gasteiger partial charge in [0.2, 0.25) is 0 Å². The second-order valence-corrected chi connectivity index (χ2v) is 3.88. The first-order valence-corrected chi connectivity index (χ1v) is 4.90. The molecule has 1 aliphatic carbocycles. The smallest absolute Gasteiger partial charge is 0.133 e. The van der Waals surface area contributed by atoms with Crippen LogP contribution in [0.3, 0.4) is 0 Å². The van der Waals surface area contributed by atoms with Crippen molar-refractivity contribution in [2.24, 2.45) is 11.0 Å². The summed E-state index contributed by atoms with van der Waals surface area (Å²) in [6.07, 6.45) is 6.68. The molecule has 0 aromatic heterocycles. The average Bonchev–Trinajstić information content (AvgIpc) is 2.03. The van der Waals surface area contributed by atoms with E-state index < -0.39 is 0 Å². The standard InChI is InChI=1S/C10H18N2O/c1-12(2)11-7-6-9-4-3-5-10(13)8-9/h7,9H,3-6,8H2,1-2H3/b11-7+. The van der Waals surface area contributed by atoms with Gasteiger partial charge in [-0.3, -0.25) is 4.79 Å². The average molecular weight is 182 g/mol. The fourth-order valence-electron chi connectivity index (χ4n) is 1.67. The molecule has 1 rings (SSSR count). The van der Waals surface area contributed by atoms with Crippen molar-refractivity contribution < 1.29 is 4.79 Å². The highest BCUT2D eigenvalue weighted by Crippen LogP contribution is 2.23. The minimum atomic E-state index is 0.425. The van der Waals surface area contributed by atoms with E-state index in [-0.39, 0.29) is 0 Å². The summed E-state index contributed by atoms with van der Waals surface area (Å²) >= 11 is 0. The normalized spacial score (nSPS) is 23.8. The van der Waals surface area contributed by atoms with Crippen LogP contribution in [0.2, 0.25) is 0 Å². The molecule has 0 radical (unpaired) electrons. The molecule has 3 nitrogen and oxygen atoms in total. The monoisotopic (exact) mass is 182 g/mol. The van der Waals surface area contributed by atoms with Gasteiger partial charge in [0.15, 0.2) is 0 Å². The van der Waals surface area contributed by atoms with Gasteiger partial charge in [-0.1, -0.05) is 0 Å². The maximum absolute atomic E-state index is 11.1. The number of carbonyl (C=O) groups is 1. The molecule has 0 heterocycles. The van der Waals surface area contributed by atoms with Gasteiger partial charge in [-0.25, -0.2) is 0 Å². The molecule has 1 saturated carbocycles. The molecular formula is C10H18N2O. The Morgan fingerprint density at radius 2 is 2.38 bits per heavy atom. The molecule has 0 bridgehead atoms. The van der Waals surface area contributed by atoms with E-state index in [9.17, 15) is 4.79 Å². The van der Waals surface area contributed by atoms with E-state index in [4.69, 9.17) is 0 Å². The zero-order valence-electron chi connectivity index (χ0n) is 8.49. The Hall–Kier alpha value is -0.860. The minimum Gasteiger partial charge on any atom is -0.303 e. The summed E-state index contributed by atoms with van der Waals surface area (Å²) in [4.78, 5) is 11.1. The number of nitrogens with zero attached hydrogens (tertiary/aromatic N) is 2. The summed E-state index contributed by atoms with van der Waals surface area (Å²) in [5.74, 6) is 0.972. The molecular weight excluding hydrogens is 164 g/mol. The molecule has 3 heteroatoms. The topological polar surface area (TPSA) is 32.7 Å². The van der Waals surface area contributed by atoms with Crippen molar-refractivity contribution >= 4 is 12.0 Å². The highest BCUT2D eigenvalue weighted by atomic mass is 16.1. The van der Waals surface area contributed by atoms with E-state index in [0.29, 0.717) is 11.7 Å². The molecule has 0 amide bonds. The summed E-state index contributed by atoms with van der Waals surface area (Å²) in [6, 6.07) is 0. The fraction of sp³-hybridized carbons (Fsp3) is 0.800. The van der Waals surface area contributed by atoms with Crippen LogP contribution in [-0.4, -0.2) is 31.1 Å². The summed E-state index contributed by atoms with van der Waals surface area (Å²) in [7, 11) is 3.81. The lowest BCUT2D eigenvalue weighted by atomic mass is 9.86. The molecule has 1 fully saturated rings. The van der Waals surface area contributed by atoms with Gasteiger partial charge in [-0.2, -0.15) is 5.10 Å². The highest BCUT2D eigenvalue weighted by molar-refractivity contribution is 5.79. The SMILES string of the molecule is CN(C)/N=C/CC1CCCC(=O)C1. The molecule has 0 aliphatic heterocycles. The Balaban J connectivity index is 2.24. The number of Topliss-reactive ketones (excluding diaryl/α,β-unsaturated/α-hetero) is 1. The van der Waals surface area contributed by atoms with Gasteiger partial charge in [0.05, 0.1) is 0 Å². The molecule has 13 heavy (non-hydrogen) atoms. The molecule has 1 aliphatic rings. The van der Waals surface area contributed by atoms with Crippen LogP contribution in [0.5, 0.6) is 0 Å². The Morgan fingerprint density at radius 3 is 3.00 bits per heavy atom. The zero-order valence-corrected chi connectivity index (χ0v) is 8.49. The number of hydrogen-bond donors (Lipinski definition) is 0. The number of ketones is 1. The Labute approximate surface area is 79.8 Å². The maximum atomic E-state index is 11.1. The van der Waals surface area contributed by atoms with Gasteiger partial charge >= 0.3 is 0 Å². The van der Waals surface area contributed by atoms with E-state index in [0.717, 1.165) is 25.7 Å². The lowest BCUT2D eigenvalue weighted by molar-refractivity contribution is -0.121. The predicted octanol–water partition coefficient (Wildman–Crippen LogP) is 1.68. The Morgan fingerprint density at radius 1 is 1.62 bits per heavy atom. The van der Waals surface area contributed by atoms with Crippen molar-refractivity contribution in [3.63, 3.8) is 0 Å². The number of hydrazone groups is 1. The van der Waals surface area contributed by atoms with Crippen LogP contribution in [0.25, 0.3) is 0 Å². The van der Waals surface area contributed by atoms with Crippen molar-refractivity contribution in [3.8, 4) is 0 Å². The van der Waals surface area contributed by atoms with Crippen LogP contribution in [0.1, 0.15) is 32.1 Å². The van der Waals surface area contributed by atoms with Crippen molar-refractivity contribution in [3.05, 3.63) is 0 Å². The summed E-state index contributed by atoms with van der Waals surface area (Å²) in [5, 5.41) is 5.92. The molecule has 74 valence electrons. The quantitative estimate of drug-likeness (QED) is 0.491. The van der Waals surface area contributed by atoms with Crippen LogP contribution in [0.15, 0.2) is 5.10 Å². The van der Waals surface area contributed by atoms with Crippen LogP contribution in [0, 0.1) is 5.92 Å². The second kappa shape index (κ2) is 5.00. The minimum absolute atomic E-state index is 0.425. The van der Waals surface area contributed by atoms with Gasteiger partial charge in [0.25, 0.3) is 0 Å². The number of hydrogen-bond acceptors (Lipinski definition) is 3. The number of carbonyl (C=O) groups excluding carboxylic acids is 1. The molecule has 0 aromatic carbocycles. The highest BCUT2D eigenvalue weighted by Gasteiger charge is 2.18. The lowest BCUT2D eigenvalue weighted by Gasteiger charge is -2.18. The summed E-state index contributed by atoms with van der Waals surface area (Å²) in [5.41, 5.74) is 0. The first kappa shape index (κ1) is 10.2. The number of rotatable bonds is 3.